The van der Waals surface area contributed by atoms with Crippen LogP contribution >= 0.6 is 45.9 Å². The number of fused-ring (bicyclic) bond motifs is 1. The van der Waals surface area contributed by atoms with Gasteiger partial charge < -0.3 is 9.80 Å². The monoisotopic (exact) mass is 556 g/mol. The maximum absolute atomic E-state index is 13.2. The Morgan fingerprint density at radius 3 is 2.59 bits per heavy atom. The highest BCUT2D eigenvalue weighted by molar-refractivity contribution is 7.91. The first-order valence-electron chi connectivity index (χ1n) is 10.8. The van der Waals surface area contributed by atoms with Gasteiger partial charge in [0.2, 0.25) is 0 Å². The van der Waals surface area contributed by atoms with Crippen molar-refractivity contribution < 1.29 is 13.2 Å². The zero-order chi connectivity index (χ0) is 24.0. The molecule has 2 aromatic heterocycles. The summed E-state index contributed by atoms with van der Waals surface area (Å²) in [6, 6.07) is 7.02. The van der Waals surface area contributed by atoms with Gasteiger partial charge >= 0.3 is 0 Å². The summed E-state index contributed by atoms with van der Waals surface area (Å²) in [5.74, 6) is 0.640. The second kappa shape index (κ2) is 9.40. The molecule has 0 atom stereocenters. The molecular weight excluding hydrogens is 535 g/mol. The molecule has 2 aliphatic rings. The van der Waals surface area contributed by atoms with E-state index in [0.717, 1.165) is 41.0 Å². The summed E-state index contributed by atoms with van der Waals surface area (Å²) in [6.45, 7) is 2.72. The number of hydrogen-bond acceptors (Lipinski definition) is 7. The van der Waals surface area contributed by atoms with Crippen molar-refractivity contribution >= 4 is 77.7 Å². The Kier molecular flexibility index (Phi) is 6.64. The SMILES string of the molecule is CN1CCCN=C1c1csc(C(=O)N2CCN(S(=O)(=O)c3cc4ccc(Cl)cc4s3)CC2)c1Cl. The van der Waals surface area contributed by atoms with Gasteiger partial charge in [-0.2, -0.15) is 4.31 Å². The molecule has 4 heterocycles. The average molecular weight is 558 g/mol. The molecule has 0 aliphatic carbocycles. The largest absolute Gasteiger partial charge is 0.359 e. The molecule has 3 aromatic rings. The van der Waals surface area contributed by atoms with Gasteiger partial charge in [-0.1, -0.05) is 29.3 Å². The summed E-state index contributed by atoms with van der Waals surface area (Å²) in [5, 5.41) is 3.72. The van der Waals surface area contributed by atoms with E-state index >= 15 is 0 Å². The molecule has 5 rings (SSSR count). The van der Waals surface area contributed by atoms with Crippen LogP contribution in [0.15, 0.2) is 38.8 Å². The van der Waals surface area contributed by atoms with Crippen LogP contribution in [0.4, 0.5) is 0 Å². The number of carbonyl (C=O) groups excluding carboxylic acids is 1. The number of amidine groups is 1. The van der Waals surface area contributed by atoms with Gasteiger partial charge in [0.05, 0.1) is 5.02 Å². The number of thiophene rings is 2. The summed E-state index contributed by atoms with van der Waals surface area (Å²) >= 11 is 15.2. The molecule has 180 valence electrons. The van der Waals surface area contributed by atoms with Crippen LogP contribution in [0.1, 0.15) is 21.7 Å². The lowest BCUT2D eigenvalue weighted by molar-refractivity contribution is 0.0703. The van der Waals surface area contributed by atoms with Crippen LogP contribution in [-0.2, 0) is 10.0 Å². The number of aliphatic imine (C=N–C) groups is 1. The number of benzene rings is 1. The zero-order valence-electron chi connectivity index (χ0n) is 18.3. The van der Waals surface area contributed by atoms with Gasteiger partial charge in [0.15, 0.2) is 0 Å². The maximum atomic E-state index is 13.2. The number of carbonyl (C=O) groups is 1. The molecule has 0 unspecified atom stereocenters. The van der Waals surface area contributed by atoms with Gasteiger partial charge in [-0.25, -0.2) is 8.42 Å². The number of nitrogens with zero attached hydrogens (tertiary/aromatic N) is 4. The summed E-state index contributed by atoms with van der Waals surface area (Å²) in [4.78, 5) is 22.0. The van der Waals surface area contributed by atoms with E-state index in [1.807, 2.05) is 18.5 Å². The third-order valence-electron chi connectivity index (χ3n) is 6.02. The molecule has 1 fully saturated rings. The summed E-state index contributed by atoms with van der Waals surface area (Å²) in [6.07, 6.45) is 0.996. The van der Waals surface area contributed by atoms with Gasteiger partial charge in [-0.3, -0.25) is 9.79 Å². The first kappa shape index (κ1) is 24.0. The van der Waals surface area contributed by atoms with E-state index < -0.39 is 10.0 Å². The van der Waals surface area contributed by atoms with Gasteiger partial charge in [0.1, 0.15) is 14.9 Å². The fourth-order valence-corrected chi connectivity index (χ4v) is 8.73. The highest BCUT2D eigenvalue weighted by Crippen LogP contribution is 2.34. The number of rotatable bonds is 4. The first-order chi connectivity index (χ1) is 16.3. The topological polar surface area (TPSA) is 73.3 Å². The fourth-order valence-electron chi connectivity index (χ4n) is 4.16. The van der Waals surface area contributed by atoms with E-state index in [2.05, 4.69) is 9.89 Å². The molecule has 0 bridgehead atoms. The van der Waals surface area contributed by atoms with Crippen LogP contribution in [0.2, 0.25) is 10.0 Å². The van der Waals surface area contributed by atoms with Gasteiger partial charge in [-0.05, 0) is 30.0 Å². The number of amides is 1. The molecule has 1 saturated heterocycles. The Balaban J connectivity index is 1.29. The Morgan fingerprint density at radius 2 is 1.85 bits per heavy atom. The van der Waals surface area contributed by atoms with E-state index in [1.165, 1.54) is 27.0 Å². The minimum absolute atomic E-state index is 0.172. The molecule has 1 aromatic carbocycles. The molecular formula is C22H22Cl2N4O3S3. The van der Waals surface area contributed by atoms with E-state index in [9.17, 15) is 13.2 Å². The molecule has 0 spiro atoms. The van der Waals surface area contributed by atoms with Crippen molar-refractivity contribution in [1.82, 2.24) is 14.1 Å². The first-order valence-corrected chi connectivity index (χ1v) is 14.7. The van der Waals surface area contributed by atoms with Crippen molar-refractivity contribution in [2.24, 2.45) is 4.99 Å². The van der Waals surface area contributed by atoms with E-state index in [1.54, 1.807) is 23.1 Å². The van der Waals surface area contributed by atoms with E-state index in [-0.39, 0.29) is 23.2 Å². The smallest absolute Gasteiger partial charge is 0.265 e. The molecule has 7 nitrogen and oxygen atoms in total. The zero-order valence-corrected chi connectivity index (χ0v) is 22.3. The van der Waals surface area contributed by atoms with Crippen LogP contribution in [0.3, 0.4) is 0 Å². The molecule has 0 N–H and O–H groups in total. The lowest BCUT2D eigenvalue weighted by Crippen LogP contribution is -2.50. The maximum Gasteiger partial charge on any atom is 0.265 e. The molecule has 0 radical (unpaired) electrons. The van der Waals surface area contributed by atoms with Crippen LogP contribution in [-0.4, -0.2) is 80.6 Å². The van der Waals surface area contributed by atoms with E-state index in [0.29, 0.717) is 28.0 Å². The third kappa shape index (κ3) is 4.36. The van der Waals surface area contributed by atoms with Crippen molar-refractivity contribution in [3.63, 3.8) is 0 Å². The Morgan fingerprint density at radius 1 is 1.09 bits per heavy atom. The van der Waals surface area contributed by atoms with Crippen molar-refractivity contribution in [1.29, 1.82) is 0 Å². The normalized spacial score (nSPS) is 17.9. The third-order valence-corrected chi connectivity index (χ3v) is 11.2. The van der Waals surface area contributed by atoms with Crippen molar-refractivity contribution in [3.05, 3.63) is 50.1 Å². The summed E-state index contributed by atoms with van der Waals surface area (Å²) in [5.41, 5.74) is 0.781. The number of sulfonamides is 1. The van der Waals surface area contributed by atoms with E-state index in [4.69, 9.17) is 23.2 Å². The highest BCUT2D eigenvalue weighted by atomic mass is 35.5. The standard InChI is InChI=1S/C22H22Cl2N4O3S3/c1-26-6-2-5-25-21(26)16-13-32-20(19(16)24)22(29)27-7-9-28(10-8-27)34(30,31)18-11-14-3-4-15(23)12-17(14)33-18/h3-4,11-13H,2,5-10H2,1H3. The molecule has 12 heteroatoms. The lowest BCUT2D eigenvalue weighted by Gasteiger charge is -2.33. The molecule has 0 saturated carbocycles. The second-order valence-corrected chi connectivity index (χ2v) is 13.2. The van der Waals surface area contributed by atoms with Crippen molar-refractivity contribution in [2.75, 3.05) is 46.3 Å². The van der Waals surface area contributed by atoms with Crippen LogP contribution in [0.5, 0.6) is 0 Å². The summed E-state index contributed by atoms with van der Waals surface area (Å²) in [7, 11) is -1.68. The van der Waals surface area contributed by atoms with Crippen LogP contribution in [0, 0.1) is 0 Å². The van der Waals surface area contributed by atoms with Crippen molar-refractivity contribution in [2.45, 2.75) is 10.6 Å². The Bertz CT molecular complexity index is 1390. The average Bonchev–Trinajstić information content (AvgIpc) is 3.43. The van der Waals surface area contributed by atoms with Crippen molar-refractivity contribution in [3.8, 4) is 0 Å². The number of hydrogen-bond donors (Lipinski definition) is 0. The Labute approximate surface area is 216 Å². The quantitative estimate of drug-likeness (QED) is 0.474. The predicted molar refractivity (Wildman–Crippen MR) is 139 cm³/mol. The van der Waals surface area contributed by atoms with Gasteiger partial charge in [-0.15, -0.1) is 22.7 Å². The Hall–Kier alpha value is -1.69. The molecule has 34 heavy (non-hydrogen) atoms. The predicted octanol–water partition coefficient (Wildman–Crippen LogP) is 4.50. The van der Waals surface area contributed by atoms with Gasteiger partial charge in [0, 0.05) is 67.0 Å². The van der Waals surface area contributed by atoms with Crippen LogP contribution < -0.4 is 0 Å². The number of halogens is 2. The summed E-state index contributed by atoms with van der Waals surface area (Å²) < 4.78 is 29.0. The fraction of sp³-hybridized carbons (Fsp3) is 0.364. The molecule has 2 aliphatic heterocycles. The second-order valence-electron chi connectivity index (χ2n) is 8.22. The van der Waals surface area contributed by atoms with Gasteiger partial charge in [0.25, 0.3) is 15.9 Å². The highest BCUT2D eigenvalue weighted by Gasteiger charge is 2.33. The minimum Gasteiger partial charge on any atom is -0.359 e. The molecule has 1 amide bonds. The minimum atomic E-state index is -3.65. The lowest BCUT2D eigenvalue weighted by atomic mass is 10.2. The van der Waals surface area contributed by atoms with Crippen LogP contribution in [0.25, 0.3) is 10.1 Å². The number of piperazine rings is 1.